The summed E-state index contributed by atoms with van der Waals surface area (Å²) in [6.07, 6.45) is 0. The molecule has 0 amide bonds. The van der Waals surface area contributed by atoms with E-state index < -0.39 is 13.6 Å². The zero-order valence-corrected chi connectivity index (χ0v) is 8.41. The van der Waals surface area contributed by atoms with Gasteiger partial charge in [-0.2, -0.15) is 0 Å². The summed E-state index contributed by atoms with van der Waals surface area (Å²) in [5.41, 5.74) is 0.475. The molecule has 4 heteroatoms. The van der Waals surface area contributed by atoms with Crippen LogP contribution in [0.3, 0.4) is 0 Å². The summed E-state index contributed by atoms with van der Waals surface area (Å²) in [5, 5.41) is 0. The monoisotopic (exact) mass is 225 g/mol. The molecule has 0 aliphatic heterocycles. The second kappa shape index (κ2) is 4.29. The van der Waals surface area contributed by atoms with Crippen molar-refractivity contribution in [3.8, 4) is 0 Å². The van der Waals surface area contributed by atoms with Gasteiger partial charge in [-0.05, 0) is 0 Å². The molecule has 0 aromatic heterocycles. The standard InChI is InChI=1S/C8H7O2.CH3.Co.O/c1-10-8(9)7-5-3-2-4-6-7;;;/h3-6H,1H3;1H3;;. The normalized spacial score (nSPS) is 10.8. The summed E-state index contributed by atoms with van der Waals surface area (Å²) < 4.78 is 16.3. The fraction of sp³-hybridized carbons (Fsp3) is 0.222. The molecule has 0 saturated heterocycles. The van der Waals surface area contributed by atoms with E-state index in [4.69, 9.17) is 0 Å². The van der Waals surface area contributed by atoms with E-state index in [1.807, 2.05) is 0 Å². The molecule has 3 nitrogen and oxygen atoms in total. The maximum atomic E-state index is 11.0. The molecule has 0 bridgehead atoms. The van der Waals surface area contributed by atoms with E-state index in [1.165, 1.54) is 7.11 Å². The average molecular weight is 225 g/mol. The summed E-state index contributed by atoms with van der Waals surface area (Å²) in [5.74, 6) is 1.25. The van der Waals surface area contributed by atoms with Crippen molar-refractivity contribution in [2.45, 2.75) is 5.86 Å². The van der Waals surface area contributed by atoms with Gasteiger partial charge in [-0.15, -0.1) is 0 Å². The first-order valence-electron chi connectivity index (χ1n) is 3.52. The van der Waals surface area contributed by atoms with Gasteiger partial charge in [-0.25, -0.2) is 0 Å². The molecule has 0 aliphatic rings. The minimum absolute atomic E-state index is 0.377. The van der Waals surface area contributed by atoms with E-state index in [1.54, 1.807) is 30.1 Å². The van der Waals surface area contributed by atoms with Crippen molar-refractivity contribution < 1.29 is 27.0 Å². The number of hydrogen-bond acceptors (Lipinski definition) is 3. The molecular weight excluding hydrogens is 215 g/mol. The van der Waals surface area contributed by atoms with E-state index in [0.717, 1.165) is 4.50 Å². The number of carbonyl (C=O) groups excluding carboxylic acids is 1. The third kappa shape index (κ3) is 2.47. The molecule has 0 unspecified atom stereocenters. The van der Waals surface area contributed by atoms with Gasteiger partial charge in [0.25, 0.3) is 0 Å². The number of ether oxygens (including phenoxy) is 1. The van der Waals surface area contributed by atoms with Gasteiger partial charge in [0.15, 0.2) is 0 Å². The fourth-order valence-corrected chi connectivity index (χ4v) is 1.52. The van der Waals surface area contributed by atoms with Crippen LogP contribution in [0.5, 0.6) is 0 Å². The Morgan fingerprint density at radius 2 is 1.85 bits per heavy atom. The molecule has 1 rings (SSSR count). The van der Waals surface area contributed by atoms with E-state index in [-0.39, 0.29) is 5.97 Å². The number of rotatable bonds is 2. The summed E-state index contributed by atoms with van der Waals surface area (Å²) >= 11 is -1.31. The number of methoxy groups -OCH3 is 1. The predicted molar refractivity (Wildman–Crippen MR) is 44.0 cm³/mol. The molecule has 0 heterocycles. The van der Waals surface area contributed by atoms with Gasteiger partial charge >= 0.3 is 80.2 Å². The molecule has 73 valence electrons. The number of benzene rings is 1. The zero-order valence-electron chi connectivity index (χ0n) is 7.37. The Morgan fingerprint density at radius 1 is 1.31 bits per heavy atom. The summed E-state index contributed by atoms with van der Waals surface area (Å²) in [7, 11) is 1.33. The van der Waals surface area contributed by atoms with Gasteiger partial charge in [0.2, 0.25) is 0 Å². The van der Waals surface area contributed by atoms with Crippen LogP contribution in [-0.2, 0) is 22.2 Å². The van der Waals surface area contributed by atoms with Crippen molar-refractivity contribution in [2.24, 2.45) is 0 Å². The van der Waals surface area contributed by atoms with Gasteiger partial charge < -0.3 is 0 Å². The van der Waals surface area contributed by atoms with Crippen molar-refractivity contribution in [2.75, 3.05) is 7.11 Å². The SMILES string of the molecule is COC(=O)c1cc[c]([Co]([CH3])=[O])cc1. The van der Waals surface area contributed by atoms with Crippen molar-refractivity contribution in [1.29, 1.82) is 0 Å². The van der Waals surface area contributed by atoms with Crippen LogP contribution in [0, 0.1) is 0 Å². The summed E-state index contributed by atoms with van der Waals surface area (Å²) in [4.78, 5) is 11.0. The van der Waals surface area contributed by atoms with E-state index >= 15 is 0 Å². The molecule has 0 N–H and O–H groups in total. The van der Waals surface area contributed by atoms with Crippen molar-refractivity contribution >= 4 is 10.5 Å². The average Bonchev–Trinajstić information content (AvgIpc) is 2.17. The van der Waals surface area contributed by atoms with Crippen LogP contribution in [0.4, 0.5) is 0 Å². The Bertz CT molecular complexity index is 329. The second-order valence-electron chi connectivity index (χ2n) is 2.34. The zero-order chi connectivity index (χ0) is 9.84. The first-order chi connectivity index (χ1) is 6.15. The first-order valence-corrected chi connectivity index (χ1v) is 5.51. The van der Waals surface area contributed by atoms with Gasteiger partial charge in [-0.3, -0.25) is 0 Å². The molecule has 0 aliphatic carbocycles. The third-order valence-electron chi connectivity index (χ3n) is 1.52. The number of carbonyl (C=O) groups is 1. The Balaban J connectivity index is 2.93. The van der Waals surface area contributed by atoms with Crippen LogP contribution in [0.2, 0.25) is 5.86 Å². The fourth-order valence-electron chi connectivity index (χ4n) is 0.853. The quantitative estimate of drug-likeness (QED) is 0.708. The minimum atomic E-state index is -1.31. The van der Waals surface area contributed by atoms with Crippen molar-refractivity contribution in [3.05, 3.63) is 29.8 Å². The molecule has 0 radical (unpaired) electrons. The molecule has 0 fully saturated rings. The molecule has 1 aromatic carbocycles. The predicted octanol–water partition coefficient (Wildman–Crippen LogP) is 1.11. The Morgan fingerprint density at radius 3 is 2.23 bits per heavy atom. The molecule has 0 saturated carbocycles. The maximum absolute atomic E-state index is 11.0. The van der Waals surface area contributed by atoms with Gasteiger partial charge in [0, 0.05) is 0 Å². The van der Waals surface area contributed by atoms with Gasteiger partial charge in [-0.1, -0.05) is 0 Å². The molecule has 0 atom stereocenters. The molecule has 13 heavy (non-hydrogen) atoms. The van der Waals surface area contributed by atoms with Crippen LogP contribution in [0.25, 0.3) is 0 Å². The Hall–Kier alpha value is -1.00. The number of esters is 1. The van der Waals surface area contributed by atoms with E-state index in [9.17, 15) is 8.66 Å². The topological polar surface area (TPSA) is 43.4 Å². The number of hydrogen-bond donors (Lipinski definition) is 0. The van der Waals surface area contributed by atoms with Crippen LogP contribution in [0.1, 0.15) is 10.4 Å². The second-order valence-corrected chi connectivity index (χ2v) is 4.10. The van der Waals surface area contributed by atoms with Crippen LogP contribution < -0.4 is 4.50 Å². The van der Waals surface area contributed by atoms with Gasteiger partial charge in [0.05, 0.1) is 0 Å². The molecule has 0 spiro atoms. The van der Waals surface area contributed by atoms with Crippen molar-refractivity contribution in [3.63, 3.8) is 0 Å². The summed E-state index contributed by atoms with van der Waals surface area (Å²) in [6.45, 7) is 0. The van der Waals surface area contributed by atoms with Crippen LogP contribution >= 0.6 is 0 Å². The van der Waals surface area contributed by atoms with E-state index in [2.05, 4.69) is 4.74 Å². The van der Waals surface area contributed by atoms with Crippen LogP contribution in [0.15, 0.2) is 24.3 Å². The Labute approximate surface area is 80.7 Å². The van der Waals surface area contributed by atoms with Gasteiger partial charge in [0.1, 0.15) is 0 Å². The van der Waals surface area contributed by atoms with Crippen molar-refractivity contribution in [1.82, 2.24) is 0 Å². The molecular formula is C9H10CoO3. The van der Waals surface area contributed by atoms with E-state index in [0.29, 0.717) is 5.56 Å². The Kier molecular flexibility index (Phi) is 3.33. The summed E-state index contributed by atoms with van der Waals surface area (Å²) in [6, 6.07) is 6.56. The van der Waals surface area contributed by atoms with Crippen LogP contribution in [-0.4, -0.2) is 13.1 Å². The first kappa shape index (κ1) is 10.1. The molecule has 1 aromatic rings. The third-order valence-corrected chi connectivity index (χ3v) is 2.71.